The molecule has 0 heterocycles. The van der Waals surface area contributed by atoms with E-state index in [0.717, 1.165) is 19.3 Å². The number of carbonyl (C=O) groups excluding carboxylic acids is 5. The van der Waals surface area contributed by atoms with Crippen LogP contribution in [0.3, 0.4) is 0 Å². The predicted octanol–water partition coefficient (Wildman–Crippen LogP) is 10.3. The molecule has 2 amide bonds. The van der Waals surface area contributed by atoms with Gasteiger partial charge in [0.2, 0.25) is 5.91 Å². The summed E-state index contributed by atoms with van der Waals surface area (Å²) in [5, 5.41) is 5.65. The van der Waals surface area contributed by atoms with Gasteiger partial charge in [-0.15, -0.1) is 0 Å². The van der Waals surface area contributed by atoms with Gasteiger partial charge in [-0.3, -0.25) is 9.59 Å². The van der Waals surface area contributed by atoms with Gasteiger partial charge in [-0.25, -0.2) is 14.4 Å². The molecule has 54 heavy (non-hydrogen) atoms. The molecule has 0 aliphatic carbocycles. The van der Waals surface area contributed by atoms with E-state index >= 15 is 0 Å². The van der Waals surface area contributed by atoms with Crippen molar-refractivity contribution in [3.05, 3.63) is 82.9 Å². The fourth-order valence-corrected chi connectivity index (χ4v) is 6.00. The number of carbonyl (C=O) groups is 5. The van der Waals surface area contributed by atoms with E-state index < -0.39 is 23.8 Å². The lowest BCUT2D eigenvalue weighted by Gasteiger charge is -2.15. The summed E-state index contributed by atoms with van der Waals surface area (Å²) in [5.74, 6) is -2.46. The fraction of sp³-hybridized carbons (Fsp3) is 0.465. The van der Waals surface area contributed by atoms with Gasteiger partial charge in [-0.2, -0.15) is 0 Å². The summed E-state index contributed by atoms with van der Waals surface area (Å²) in [5.41, 5.74) is 1.19. The van der Waals surface area contributed by atoms with Crippen molar-refractivity contribution >= 4 is 41.1 Å². The molecule has 3 rings (SSSR count). The Morgan fingerprint density at radius 1 is 0.500 bits per heavy atom. The molecular weight excluding hydrogens is 688 g/mol. The summed E-state index contributed by atoms with van der Waals surface area (Å²) < 4.78 is 20.4. The normalized spacial score (nSPS) is 10.7. The molecule has 0 radical (unpaired) electrons. The standard InChI is InChI=1S/C43H56N2O9/c1-5-6-7-8-9-10-11-12-13-14-15-16-17-18-19-20-39(46)44-35-24-21-31(22-25-35)40(47)45-37-30-32(41(48)51-2)23-26-38(37)54-36-28-33(42(49)52-3)27-34(29-36)43(50)53-4/h21-30H,5-20H2,1-4H3,(H,44,46)(H,45,47). The molecule has 0 aliphatic heterocycles. The van der Waals surface area contributed by atoms with Crippen LogP contribution in [0.4, 0.5) is 11.4 Å². The number of hydrogen-bond acceptors (Lipinski definition) is 9. The molecule has 0 saturated heterocycles. The molecule has 0 aliphatic rings. The Morgan fingerprint density at radius 3 is 1.46 bits per heavy atom. The molecule has 2 N–H and O–H groups in total. The summed E-state index contributed by atoms with van der Waals surface area (Å²) in [6, 6.07) is 14.8. The van der Waals surface area contributed by atoms with E-state index in [4.69, 9.17) is 18.9 Å². The number of anilines is 2. The first-order chi connectivity index (χ1) is 26.2. The number of benzene rings is 3. The lowest BCUT2D eigenvalue weighted by molar-refractivity contribution is -0.116. The van der Waals surface area contributed by atoms with Crippen LogP contribution >= 0.6 is 0 Å². The van der Waals surface area contributed by atoms with Crippen molar-refractivity contribution in [3.63, 3.8) is 0 Å². The minimum absolute atomic E-state index is 0.0363. The number of amides is 2. The van der Waals surface area contributed by atoms with Gasteiger partial charge in [0.1, 0.15) is 5.75 Å². The molecule has 0 atom stereocenters. The van der Waals surface area contributed by atoms with Crippen LogP contribution in [-0.4, -0.2) is 51.1 Å². The van der Waals surface area contributed by atoms with E-state index in [0.29, 0.717) is 12.1 Å². The molecule has 11 nitrogen and oxygen atoms in total. The van der Waals surface area contributed by atoms with E-state index in [2.05, 4.69) is 17.6 Å². The van der Waals surface area contributed by atoms with E-state index in [9.17, 15) is 24.0 Å². The molecule has 3 aromatic rings. The minimum atomic E-state index is -0.704. The second-order valence-electron chi connectivity index (χ2n) is 13.3. The third kappa shape index (κ3) is 15.0. The Kier molecular flexibility index (Phi) is 19.4. The van der Waals surface area contributed by atoms with E-state index in [1.807, 2.05) is 0 Å². The molecule has 292 valence electrons. The zero-order chi connectivity index (χ0) is 39.1. The summed E-state index contributed by atoms with van der Waals surface area (Å²) in [6.07, 6.45) is 19.4. The third-order valence-electron chi connectivity index (χ3n) is 9.06. The molecule has 0 unspecified atom stereocenters. The Hall–Kier alpha value is -5.19. The fourth-order valence-electron chi connectivity index (χ4n) is 6.00. The van der Waals surface area contributed by atoms with Crippen LogP contribution < -0.4 is 15.4 Å². The molecule has 11 heteroatoms. The summed E-state index contributed by atoms with van der Waals surface area (Å²) >= 11 is 0. The van der Waals surface area contributed by atoms with Crippen molar-refractivity contribution in [3.8, 4) is 11.5 Å². The van der Waals surface area contributed by atoms with E-state index in [1.54, 1.807) is 24.3 Å². The number of ether oxygens (including phenoxy) is 4. The van der Waals surface area contributed by atoms with Crippen molar-refractivity contribution in [2.75, 3.05) is 32.0 Å². The molecular formula is C43H56N2O9. The maximum absolute atomic E-state index is 13.3. The average Bonchev–Trinajstić information content (AvgIpc) is 3.19. The number of esters is 3. The van der Waals surface area contributed by atoms with E-state index in [1.165, 1.54) is 135 Å². The number of hydrogen-bond donors (Lipinski definition) is 2. The average molecular weight is 745 g/mol. The number of nitrogens with one attached hydrogen (secondary N) is 2. The smallest absolute Gasteiger partial charge is 0.338 e. The zero-order valence-electron chi connectivity index (χ0n) is 32.3. The molecule has 0 fully saturated rings. The SMILES string of the molecule is CCCCCCCCCCCCCCCCCC(=O)Nc1ccc(C(=O)Nc2cc(C(=O)OC)ccc2Oc2cc(C(=O)OC)cc(C(=O)OC)c2)cc1. The van der Waals surface area contributed by atoms with E-state index in [-0.39, 0.29) is 45.3 Å². The maximum Gasteiger partial charge on any atom is 0.338 e. The minimum Gasteiger partial charge on any atom is -0.465 e. The lowest BCUT2D eigenvalue weighted by atomic mass is 10.0. The first-order valence-electron chi connectivity index (χ1n) is 19.1. The Labute approximate surface area is 319 Å². The first-order valence-corrected chi connectivity index (χ1v) is 19.1. The second-order valence-corrected chi connectivity index (χ2v) is 13.3. The molecule has 0 spiro atoms. The highest BCUT2D eigenvalue weighted by molar-refractivity contribution is 6.06. The van der Waals surface area contributed by atoms with Crippen molar-refractivity contribution in [1.82, 2.24) is 0 Å². The van der Waals surface area contributed by atoms with Gasteiger partial charge in [0, 0.05) is 17.7 Å². The van der Waals surface area contributed by atoms with Crippen LogP contribution in [-0.2, 0) is 19.0 Å². The van der Waals surface area contributed by atoms with Gasteiger partial charge in [-0.1, -0.05) is 96.8 Å². The lowest BCUT2D eigenvalue weighted by Crippen LogP contribution is -2.14. The Balaban J connectivity index is 1.50. The van der Waals surface area contributed by atoms with Gasteiger partial charge in [0.15, 0.2) is 5.75 Å². The van der Waals surface area contributed by atoms with Crippen LogP contribution in [0.2, 0.25) is 0 Å². The topological polar surface area (TPSA) is 146 Å². The summed E-state index contributed by atoms with van der Waals surface area (Å²) in [6.45, 7) is 2.26. The Morgan fingerprint density at radius 2 is 0.963 bits per heavy atom. The molecule has 3 aromatic carbocycles. The molecule has 0 saturated carbocycles. The summed E-state index contributed by atoms with van der Waals surface area (Å²) in [7, 11) is 3.64. The summed E-state index contributed by atoms with van der Waals surface area (Å²) in [4.78, 5) is 62.8. The predicted molar refractivity (Wildman–Crippen MR) is 210 cm³/mol. The first kappa shape index (κ1) is 43.2. The monoisotopic (exact) mass is 744 g/mol. The highest BCUT2D eigenvalue weighted by Gasteiger charge is 2.19. The van der Waals surface area contributed by atoms with Gasteiger partial charge < -0.3 is 29.6 Å². The molecule has 0 aromatic heterocycles. The number of rotatable bonds is 24. The highest BCUT2D eigenvalue weighted by atomic mass is 16.5. The van der Waals surface area contributed by atoms with Crippen LogP contribution in [0.5, 0.6) is 11.5 Å². The van der Waals surface area contributed by atoms with Crippen molar-refractivity contribution < 1.29 is 42.9 Å². The van der Waals surface area contributed by atoms with Gasteiger partial charge in [0.05, 0.1) is 43.7 Å². The van der Waals surface area contributed by atoms with Gasteiger partial charge >= 0.3 is 17.9 Å². The zero-order valence-corrected chi connectivity index (χ0v) is 32.3. The van der Waals surface area contributed by atoms with Gasteiger partial charge in [0.25, 0.3) is 5.91 Å². The maximum atomic E-state index is 13.3. The van der Waals surface area contributed by atoms with Crippen LogP contribution in [0.1, 0.15) is 151 Å². The Bertz CT molecular complexity index is 1640. The highest BCUT2D eigenvalue weighted by Crippen LogP contribution is 2.33. The quantitative estimate of drug-likeness (QED) is 0.0520. The third-order valence-corrected chi connectivity index (χ3v) is 9.06. The van der Waals surface area contributed by atoms with Crippen LogP contribution in [0, 0.1) is 0 Å². The largest absolute Gasteiger partial charge is 0.465 e. The van der Waals surface area contributed by atoms with Crippen LogP contribution in [0.15, 0.2) is 60.7 Å². The van der Waals surface area contributed by atoms with Crippen LogP contribution in [0.25, 0.3) is 0 Å². The van der Waals surface area contributed by atoms with Crippen molar-refractivity contribution in [2.24, 2.45) is 0 Å². The van der Waals surface area contributed by atoms with Crippen molar-refractivity contribution in [1.29, 1.82) is 0 Å². The van der Waals surface area contributed by atoms with Gasteiger partial charge in [-0.05, 0) is 67.1 Å². The van der Waals surface area contributed by atoms with Crippen molar-refractivity contribution in [2.45, 2.75) is 110 Å². The number of methoxy groups -OCH3 is 3. The number of unbranched alkanes of at least 4 members (excludes halogenated alkanes) is 14. The molecule has 0 bridgehead atoms. The second kappa shape index (κ2) is 24.2.